The minimum absolute atomic E-state index is 0.0596. The maximum atomic E-state index is 12.2. The first kappa shape index (κ1) is 16.0. The predicted molar refractivity (Wildman–Crippen MR) is 88.6 cm³/mol. The molecular weight excluding hydrogens is 316 g/mol. The Labute approximate surface area is 139 Å². The van der Waals surface area contributed by atoms with E-state index >= 15 is 0 Å². The molecule has 7 heteroatoms. The summed E-state index contributed by atoms with van der Waals surface area (Å²) in [6, 6.07) is 7.38. The molecule has 0 aliphatic carbocycles. The summed E-state index contributed by atoms with van der Waals surface area (Å²) >= 11 is 5.87. The lowest BCUT2D eigenvalue weighted by molar-refractivity contribution is -0.118. The molecule has 0 spiro atoms. The summed E-state index contributed by atoms with van der Waals surface area (Å²) in [5, 5.41) is 11.0. The molecule has 1 aliphatic rings. The Bertz CT molecular complexity index is 671. The van der Waals surface area contributed by atoms with E-state index in [1.807, 2.05) is 30.5 Å². The van der Waals surface area contributed by atoms with Gasteiger partial charge in [0.05, 0.1) is 30.6 Å². The fourth-order valence-corrected chi connectivity index (χ4v) is 2.73. The molecule has 2 N–H and O–H groups in total. The zero-order valence-corrected chi connectivity index (χ0v) is 13.6. The molecule has 0 saturated carbocycles. The fourth-order valence-electron chi connectivity index (χ4n) is 2.60. The molecule has 6 nitrogen and oxygen atoms in total. The van der Waals surface area contributed by atoms with Crippen molar-refractivity contribution in [3.8, 4) is 0 Å². The van der Waals surface area contributed by atoms with E-state index in [9.17, 15) is 4.79 Å². The number of nitrogens with zero attached hydrogens (tertiary/aromatic N) is 2. The summed E-state index contributed by atoms with van der Waals surface area (Å²) < 4.78 is 7.03. The third kappa shape index (κ3) is 4.10. The second-order valence-corrected chi connectivity index (χ2v) is 6.03. The van der Waals surface area contributed by atoms with Crippen molar-refractivity contribution in [3.05, 3.63) is 47.2 Å². The van der Waals surface area contributed by atoms with Crippen molar-refractivity contribution >= 4 is 23.2 Å². The molecule has 0 unspecified atom stereocenters. The molecule has 1 aromatic heterocycles. The molecule has 1 fully saturated rings. The van der Waals surface area contributed by atoms with Gasteiger partial charge in [-0.3, -0.25) is 9.48 Å². The van der Waals surface area contributed by atoms with Gasteiger partial charge >= 0.3 is 0 Å². The van der Waals surface area contributed by atoms with E-state index in [4.69, 9.17) is 16.3 Å². The highest BCUT2D eigenvalue weighted by Gasteiger charge is 2.29. The first-order valence-corrected chi connectivity index (χ1v) is 7.86. The van der Waals surface area contributed by atoms with Crippen LogP contribution < -0.4 is 10.6 Å². The lowest BCUT2D eigenvalue weighted by Crippen LogP contribution is -2.35. The summed E-state index contributed by atoms with van der Waals surface area (Å²) in [7, 11) is 1.66. The first-order chi connectivity index (χ1) is 11.1. The van der Waals surface area contributed by atoms with E-state index < -0.39 is 0 Å². The van der Waals surface area contributed by atoms with Crippen LogP contribution in [-0.4, -0.2) is 41.5 Å². The summed E-state index contributed by atoms with van der Waals surface area (Å²) in [5.41, 5.74) is 1.78. The van der Waals surface area contributed by atoms with Crippen molar-refractivity contribution in [2.45, 2.75) is 25.1 Å². The highest BCUT2D eigenvalue weighted by atomic mass is 35.5. The Morgan fingerprint density at radius 3 is 2.96 bits per heavy atom. The van der Waals surface area contributed by atoms with Crippen LogP contribution in [0.1, 0.15) is 12.0 Å². The standard InChI is InChI=1S/C16H19ClN4O2/c1-23-14-6-15(18-8-14)16(22)20-13-7-19-21(10-13)9-11-2-4-12(17)5-3-11/h2-5,7,10,14-15,18H,6,8-9H2,1H3,(H,20,22)/t14-,15-/m0/s1. The largest absolute Gasteiger partial charge is 0.380 e. The molecule has 1 aliphatic heterocycles. The first-order valence-electron chi connectivity index (χ1n) is 7.48. The number of methoxy groups -OCH3 is 1. The summed E-state index contributed by atoms with van der Waals surface area (Å²) in [5.74, 6) is -0.0596. The Hall–Kier alpha value is -1.89. The second-order valence-electron chi connectivity index (χ2n) is 5.60. The normalized spacial score (nSPS) is 20.6. The van der Waals surface area contributed by atoms with Gasteiger partial charge in [0.25, 0.3) is 0 Å². The second kappa shape index (κ2) is 7.12. The van der Waals surface area contributed by atoms with Gasteiger partial charge in [0.15, 0.2) is 0 Å². The van der Waals surface area contributed by atoms with E-state index in [0.717, 1.165) is 5.56 Å². The van der Waals surface area contributed by atoms with Gasteiger partial charge in [0.1, 0.15) is 0 Å². The molecule has 2 aromatic rings. The van der Waals surface area contributed by atoms with Crippen molar-refractivity contribution in [1.82, 2.24) is 15.1 Å². The monoisotopic (exact) mass is 334 g/mol. The number of benzene rings is 1. The Morgan fingerprint density at radius 2 is 2.26 bits per heavy atom. The van der Waals surface area contributed by atoms with Gasteiger partial charge in [0, 0.05) is 24.9 Å². The number of ether oxygens (including phenoxy) is 1. The molecule has 122 valence electrons. The highest BCUT2D eigenvalue weighted by Crippen LogP contribution is 2.14. The lowest BCUT2D eigenvalue weighted by atomic mass is 10.2. The van der Waals surface area contributed by atoms with Crippen molar-refractivity contribution < 1.29 is 9.53 Å². The van der Waals surface area contributed by atoms with Gasteiger partial charge in [-0.1, -0.05) is 23.7 Å². The average molecular weight is 335 g/mol. The topological polar surface area (TPSA) is 68.2 Å². The van der Waals surface area contributed by atoms with Crippen LogP contribution in [0.25, 0.3) is 0 Å². The molecule has 3 rings (SSSR count). The number of rotatable bonds is 5. The van der Waals surface area contributed by atoms with Crippen LogP contribution in [-0.2, 0) is 16.1 Å². The SMILES string of the molecule is CO[C@@H]1CN[C@H](C(=O)Nc2cnn(Cc3ccc(Cl)cc3)c2)C1. The number of nitrogens with one attached hydrogen (secondary N) is 2. The molecule has 1 aromatic carbocycles. The lowest BCUT2D eigenvalue weighted by Gasteiger charge is -2.09. The molecular formula is C16H19ClN4O2. The van der Waals surface area contributed by atoms with E-state index in [1.54, 1.807) is 18.0 Å². The summed E-state index contributed by atoms with van der Waals surface area (Å²) in [6.45, 7) is 1.32. The number of anilines is 1. The minimum atomic E-state index is -0.223. The van der Waals surface area contributed by atoms with Gasteiger partial charge in [-0.2, -0.15) is 5.10 Å². The molecule has 2 heterocycles. The van der Waals surface area contributed by atoms with Crippen LogP contribution in [0.5, 0.6) is 0 Å². The molecule has 23 heavy (non-hydrogen) atoms. The molecule has 0 radical (unpaired) electrons. The number of carbonyl (C=O) groups is 1. The molecule has 0 bridgehead atoms. The minimum Gasteiger partial charge on any atom is -0.380 e. The van der Waals surface area contributed by atoms with Crippen LogP contribution in [0.4, 0.5) is 5.69 Å². The van der Waals surface area contributed by atoms with E-state index in [1.165, 1.54) is 0 Å². The van der Waals surface area contributed by atoms with Crippen molar-refractivity contribution in [1.29, 1.82) is 0 Å². The third-order valence-corrected chi connectivity index (χ3v) is 4.15. The number of aromatic nitrogens is 2. The molecule has 1 amide bonds. The quantitative estimate of drug-likeness (QED) is 0.876. The van der Waals surface area contributed by atoms with Crippen molar-refractivity contribution in [2.75, 3.05) is 19.0 Å². The van der Waals surface area contributed by atoms with Crippen molar-refractivity contribution in [3.63, 3.8) is 0 Å². The van der Waals surface area contributed by atoms with Gasteiger partial charge in [-0.15, -0.1) is 0 Å². The van der Waals surface area contributed by atoms with Crippen LogP contribution in [0.15, 0.2) is 36.7 Å². The number of hydrogen-bond acceptors (Lipinski definition) is 4. The fraction of sp³-hybridized carbons (Fsp3) is 0.375. The predicted octanol–water partition coefficient (Wildman–Crippen LogP) is 1.90. The summed E-state index contributed by atoms with van der Waals surface area (Å²) in [4.78, 5) is 12.2. The highest BCUT2D eigenvalue weighted by molar-refractivity contribution is 6.30. The van der Waals surface area contributed by atoms with Gasteiger partial charge < -0.3 is 15.4 Å². The van der Waals surface area contributed by atoms with E-state index in [-0.39, 0.29) is 18.1 Å². The van der Waals surface area contributed by atoms with Crippen LogP contribution >= 0.6 is 11.6 Å². The van der Waals surface area contributed by atoms with Crippen LogP contribution in [0, 0.1) is 0 Å². The van der Waals surface area contributed by atoms with Gasteiger partial charge in [-0.05, 0) is 24.1 Å². The van der Waals surface area contributed by atoms with E-state index in [2.05, 4.69) is 15.7 Å². The molecule has 2 atom stereocenters. The Balaban J connectivity index is 1.57. The maximum Gasteiger partial charge on any atom is 0.241 e. The number of amides is 1. The zero-order chi connectivity index (χ0) is 16.2. The van der Waals surface area contributed by atoms with Crippen LogP contribution in [0.3, 0.4) is 0 Å². The van der Waals surface area contributed by atoms with Gasteiger partial charge in [0.2, 0.25) is 5.91 Å². The maximum absolute atomic E-state index is 12.2. The molecule has 1 saturated heterocycles. The van der Waals surface area contributed by atoms with Crippen molar-refractivity contribution in [2.24, 2.45) is 0 Å². The number of carbonyl (C=O) groups excluding carboxylic acids is 1. The number of hydrogen-bond donors (Lipinski definition) is 2. The van der Waals surface area contributed by atoms with Gasteiger partial charge in [-0.25, -0.2) is 0 Å². The number of halogens is 1. The zero-order valence-electron chi connectivity index (χ0n) is 12.8. The third-order valence-electron chi connectivity index (χ3n) is 3.90. The smallest absolute Gasteiger partial charge is 0.241 e. The Kier molecular flexibility index (Phi) is 4.95. The van der Waals surface area contributed by atoms with E-state index in [0.29, 0.717) is 30.2 Å². The Morgan fingerprint density at radius 1 is 1.48 bits per heavy atom. The van der Waals surface area contributed by atoms with Crippen LogP contribution in [0.2, 0.25) is 5.02 Å². The summed E-state index contributed by atoms with van der Waals surface area (Å²) in [6.07, 6.45) is 4.24. The average Bonchev–Trinajstić information content (AvgIpc) is 3.19.